The number of ether oxygens (including phenoxy) is 1. The van der Waals surface area contributed by atoms with Gasteiger partial charge in [-0.1, -0.05) is 122 Å². The fourth-order valence-corrected chi connectivity index (χ4v) is 5.37. The van der Waals surface area contributed by atoms with Gasteiger partial charge in [-0.2, -0.15) is 0 Å². The van der Waals surface area contributed by atoms with E-state index in [-0.39, 0.29) is 5.78 Å². The van der Waals surface area contributed by atoms with Gasteiger partial charge in [-0.15, -0.1) is 11.8 Å². The second-order valence-corrected chi connectivity index (χ2v) is 11.6. The van der Waals surface area contributed by atoms with Crippen molar-refractivity contribution in [3.05, 3.63) is 65.7 Å². The van der Waals surface area contributed by atoms with E-state index in [1.807, 2.05) is 66.4 Å². The van der Waals surface area contributed by atoms with Crippen LogP contribution in [0.25, 0.3) is 6.08 Å². The topological polar surface area (TPSA) is 26.3 Å². The minimum atomic E-state index is 0.0225. The van der Waals surface area contributed by atoms with Crippen LogP contribution in [0.2, 0.25) is 0 Å². The van der Waals surface area contributed by atoms with Crippen molar-refractivity contribution in [2.45, 2.75) is 121 Å². The highest BCUT2D eigenvalue weighted by atomic mass is 32.2. The maximum absolute atomic E-state index is 12.6. The maximum Gasteiger partial charge on any atom is 0.185 e. The molecule has 0 N–H and O–H groups in total. The number of para-hydroxylation sites is 1. The Labute approximate surface area is 238 Å². The molecule has 0 aliphatic rings. The molecule has 0 saturated heterocycles. The Bertz CT molecular complexity index is 887. The summed E-state index contributed by atoms with van der Waals surface area (Å²) in [7, 11) is 0. The Hall–Kier alpha value is -2.00. The number of hydrogen-bond acceptors (Lipinski definition) is 3. The fraction of sp³-hybridized carbons (Fsp3) is 0.571. The molecule has 38 heavy (non-hydrogen) atoms. The van der Waals surface area contributed by atoms with E-state index in [0.29, 0.717) is 0 Å². The van der Waals surface area contributed by atoms with E-state index in [9.17, 15) is 4.79 Å². The Morgan fingerprint density at radius 1 is 0.684 bits per heavy atom. The van der Waals surface area contributed by atoms with Gasteiger partial charge >= 0.3 is 0 Å². The number of allylic oxidation sites excluding steroid dienone is 1. The van der Waals surface area contributed by atoms with Crippen molar-refractivity contribution in [3.8, 4) is 5.75 Å². The van der Waals surface area contributed by atoms with E-state index in [0.717, 1.165) is 42.1 Å². The first-order valence-corrected chi connectivity index (χ1v) is 16.4. The summed E-state index contributed by atoms with van der Waals surface area (Å²) in [4.78, 5) is 13.9. The highest BCUT2D eigenvalue weighted by molar-refractivity contribution is 7.99. The molecule has 0 radical (unpaired) electrons. The number of unbranched alkanes of at least 4 members (excludes halogenated alkanes) is 14. The van der Waals surface area contributed by atoms with Gasteiger partial charge in [0.05, 0.1) is 6.61 Å². The third kappa shape index (κ3) is 14.8. The molecular formula is C35H52O2S. The van der Waals surface area contributed by atoms with Crippen molar-refractivity contribution in [3.63, 3.8) is 0 Å². The maximum atomic E-state index is 12.6. The smallest absolute Gasteiger partial charge is 0.185 e. The number of thioether (sulfide) groups is 1. The molecule has 0 fully saturated rings. The molecule has 0 heterocycles. The summed E-state index contributed by atoms with van der Waals surface area (Å²) in [5, 5.41) is 0. The van der Waals surface area contributed by atoms with Gasteiger partial charge in [0.15, 0.2) is 5.78 Å². The second kappa shape index (κ2) is 21.9. The molecule has 0 aliphatic carbocycles. The predicted molar refractivity (Wildman–Crippen MR) is 168 cm³/mol. The summed E-state index contributed by atoms with van der Waals surface area (Å²) in [5.41, 5.74) is 1.68. The Morgan fingerprint density at radius 2 is 1.24 bits per heavy atom. The first kappa shape index (κ1) is 32.2. The van der Waals surface area contributed by atoms with Crippen molar-refractivity contribution in [1.29, 1.82) is 0 Å². The molecule has 210 valence electrons. The molecule has 0 atom stereocenters. The van der Waals surface area contributed by atoms with Crippen LogP contribution in [-0.4, -0.2) is 18.1 Å². The standard InChI is InChI=1S/C35H52O2S/c1-3-5-6-7-8-9-10-11-12-13-14-15-16-17-20-29-37-35-22-19-18-21-32(35)25-28-34(36)31-23-26-33(27-24-31)38-30-4-2/h18-19,21-28H,3-17,20,29-30H2,1-2H3. The highest BCUT2D eigenvalue weighted by Gasteiger charge is 2.05. The number of benzene rings is 2. The monoisotopic (exact) mass is 536 g/mol. The molecule has 2 nitrogen and oxygen atoms in total. The summed E-state index contributed by atoms with van der Waals surface area (Å²) in [5.74, 6) is 1.98. The van der Waals surface area contributed by atoms with Gasteiger partial charge in [0.1, 0.15) is 5.75 Å². The van der Waals surface area contributed by atoms with Gasteiger partial charge in [-0.05, 0) is 61.1 Å². The van der Waals surface area contributed by atoms with Crippen LogP contribution in [-0.2, 0) is 0 Å². The van der Waals surface area contributed by atoms with Crippen LogP contribution in [0.3, 0.4) is 0 Å². The van der Waals surface area contributed by atoms with E-state index in [1.165, 1.54) is 94.8 Å². The van der Waals surface area contributed by atoms with E-state index in [4.69, 9.17) is 4.74 Å². The molecule has 0 aromatic heterocycles. The fourth-order valence-electron chi connectivity index (χ4n) is 4.60. The zero-order valence-corrected chi connectivity index (χ0v) is 25.0. The van der Waals surface area contributed by atoms with Crippen LogP contribution in [0.4, 0.5) is 0 Å². The summed E-state index contributed by atoms with van der Waals surface area (Å²) in [6.07, 6.45) is 25.2. The second-order valence-electron chi connectivity index (χ2n) is 10.4. The van der Waals surface area contributed by atoms with Crippen LogP contribution in [0.15, 0.2) is 59.5 Å². The largest absolute Gasteiger partial charge is 0.493 e. The minimum absolute atomic E-state index is 0.0225. The van der Waals surface area contributed by atoms with Crippen LogP contribution >= 0.6 is 11.8 Å². The van der Waals surface area contributed by atoms with E-state index >= 15 is 0 Å². The van der Waals surface area contributed by atoms with E-state index in [1.54, 1.807) is 6.08 Å². The molecule has 0 amide bonds. The van der Waals surface area contributed by atoms with Crippen molar-refractivity contribution in [1.82, 2.24) is 0 Å². The van der Waals surface area contributed by atoms with Crippen LogP contribution in [0.1, 0.15) is 133 Å². The molecule has 0 bridgehead atoms. The summed E-state index contributed by atoms with van der Waals surface area (Å²) in [6.45, 7) is 5.19. The quantitative estimate of drug-likeness (QED) is 0.0611. The number of hydrogen-bond donors (Lipinski definition) is 0. The number of carbonyl (C=O) groups is 1. The van der Waals surface area contributed by atoms with E-state index < -0.39 is 0 Å². The van der Waals surface area contributed by atoms with Gasteiger partial charge in [0.2, 0.25) is 0 Å². The van der Waals surface area contributed by atoms with Gasteiger partial charge in [-0.3, -0.25) is 4.79 Å². The van der Waals surface area contributed by atoms with Crippen molar-refractivity contribution in [2.75, 3.05) is 12.4 Å². The Morgan fingerprint density at radius 3 is 1.82 bits per heavy atom. The zero-order valence-electron chi connectivity index (χ0n) is 24.2. The average molecular weight is 537 g/mol. The molecule has 0 saturated carbocycles. The lowest BCUT2D eigenvalue weighted by Crippen LogP contribution is -1.99. The molecule has 2 aromatic rings. The summed E-state index contributed by atoms with van der Waals surface area (Å²) >= 11 is 1.83. The summed E-state index contributed by atoms with van der Waals surface area (Å²) < 4.78 is 6.08. The van der Waals surface area contributed by atoms with E-state index in [2.05, 4.69) is 13.8 Å². The van der Waals surface area contributed by atoms with Gasteiger partial charge in [0, 0.05) is 16.0 Å². The van der Waals surface area contributed by atoms with Crippen molar-refractivity contribution >= 4 is 23.6 Å². The lowest BCUT2D eigenvalue weighted by atomic mass is 10.0. The SMILES string of the molecule is CCCCCCCCCCCCCCCCCOc1ccccc1C=CC(=O)c1ccc(SCCC)cc1. The number of carbonyl (C=O) groups excluding carboxylic acids is 1. The molecule has 0 spiro atoms. The zero-order chi connectivity index (χ0) is 27.1. The first-order chi connectivity index (χ1) is 18.7. The third-order valence-corrected chi connectivity index (χ3v) is 8.17. The predicted octanol–water partition coefficient (Wildman–Crippen LogP) is 11.3. The molecule has 0 unspecified atom stereocenters. The third-order valence-electron chi connectivity index (χ3n) is 6.95. The first-order valence-electron chi connectivity index (χ1n) is 15.4. The average Bonchev–Trinajstić information content (AvgIpc) is 2.95. The Kier molecular flexibility index (Phi) is 18.5. The lowest BCUT2D eigenvalue weighted by Gasteiger charge is -2.09. The highest BCUT2D eigenvalue weighted by Crippen LogP contribution is 2.22. The van der Waals surface area contributed by atoms with Crippen LogP contribution < -0.4 is 4.74 Å². The molecule has 2 aromatic carbocycles. The van der Waals surface area contributed by atoms with Crippen molar-refractivity contribution in [2.24, 2.45) is 0 Å². The lowest BCUT2D eigenvalue weighted by molar-refractivity contribution is 0.104. The summed E-state index contributed by atoms with van der Waals surface area (Å²) in [6, 6.07) is 15.9. The van der Waals surface area contributed by atoms with Crippen molar-refractivity contribution < 1.29 is 9.53 Å². The van der Waals surface area contributed by atoms with Gasteiger partial charge in [0.25, 0.3) is 0 Å². The normalized spacial score (nSPS) is 11.3. The van der Waals surface area contributed by atoms with Crippen LogP contribution in [0, 0.1) is 0 Å². The number of rotatable bonds is 23. The Balaban J connectivity index is 1.56. The molecule has 0 aliphatic heterocycles. The van der Waals surface area contributed by atoms with Crippen LogP contribution in [0.5, 0.6) is 5.75 Å². The number of ketones is 1. The molecule has 3 heteroatoms. The molecule has 2 rings (SSSR count). The molecular weight excluding hydrogens is 484 g/mol. The van der Waals surface area contributed by atoms with Gasteiger partial charge < -0.3 is 4.74 Å². The van der Waals surface area contributed by atoms with Gasteiger partial charge in [-0.25, -0.2) is 0 Å². The minimum Gasteiger partial charge on any atom is -0.493 e.